The van der Waals surface area contributed by atoms with Gasteiger partial charge in [0.15, 0.2) is 0 Å². The zero-order chi connectivity index (χ0) is 13.5. The highest BCUT2D eigenvalue weighted by molar-refractivity contribution is 5.39. The average Bonchev–Trinajstić information content (AvgIpc) is 2.69. The van der Waals surface area contributed by atoms with E-state index in [4.69, 9.17) is 0 Å². The van der Waals surface area contributed by atoms with Gasteiger partial charge in [-0.1, -0.05) is 18.2 Å². The van der Waals surface area contributed by atoms with E-state index in [1.807, 2.05) is 0 Å². The topological polar surface area (TPSA) is 20.2 Å². The minimum Gasteiger partial charge on any atom is -0.385 e. The molecule has 0 bridgehead atoms. The minimum atomic E-state index is -0.971. The molecule has 19 heavy (non-hydrogen) atoms. The fourth-order valence-corrected chi connectivity index (χ4v) is 2.82. The summed E-state index contributed by atoms with van der Waals surface area (Å²) in [5, 5.41) is 10.7. The predicted molar refractivity (Wildman–Crippen MR) is 68.7 cm³/mol. The van der Waals surface area contributed by atoms with Crippen LogP contribution in [0.2, 0.25) is 0 Å². The fraction of sp³-hybridized carbons (Fsp3) is 0.250. The van der Waals surface area contributed by atoms with Crippen molar-refractivity contribution in [2.75, 3.05) is 0 Å². The van der Waals surface area contributed by atoms with Crippen LogP contribution in [0.5, 0.6) is 0 Å². The summed E-state index contributed by atoms with van der Waals surface area (Å²) in [5.74, 6) is -0.561. The lowest BCUT2D eigenvalue weighted by Gasteiger charge is -2.24. The Morgan fingerprint density at radius 1 is 1.00 bits per heavy atom. The number of aliphatic hydroxyl groups is 1. The van der Waals surface area contributed by atoms with Gasteiger partial charge in [0.1, 0.15) is 11.6 Å². The van der Waals surface area contributed by atoms with Crippen molar-refractivity contribution in [1.29, 1.82) is 0 Å². The van der Waals surface area contributed by atoms with Crippen LogP contribution < -0.4 is 0 Å². The van der Waals surface area contributed by atoms with Crippen LogP contribution in [0.1, 0.15) is 23.1 Å². The second-order valence-corrected chi connectivity index (χ2v) is 5.14. The van der Waals surface area contributed by atoms with Crippen LogP contribution in [-0.2, 0) is 18.4 Å². The smallest absolute Gasteiger partial charge is 0.123 e. The quantitative estimate of drug-likeness (QED) is 0.878. The Labute approximate surface area is 110 Å². The van der Waals surface area contributed by atoms with E-state index in [0.717, 1.165) is 16.7 Å². The number of fused-ring (bicyclic) bond motifs is 1. The van der Waals surface area contributed by atoms with Gasteiger partial charge in [-0.25, -0.2) is 8.78 Å². The van der Waals surface area contributed by atoms with Crippen LogP contribution >= 0.6 is 0 Å². The summed E-state index contributed by atoms with van der Waals surface area (Å²) >= 11 is 0. The first-order chi connectivity index (χ1) is 9.07. The van der Waals surface area contributed by atoms with E-state index < -0.39 is 5.60 Å². The van der Waals surface area contributed by atoms with Gasteiger partial charge in [0.05, 0.1) is 5.60 Å². The van der Waals surface area contributed by atoms with E-state index >= 15 is 0 Å². The Morgan fingerprint density at radius 2 is 1.68 bits per heavy atom. The number of aryl methyl sites for hydroxylation is 1. The van der Waals surface area contributed by atoms with Gasteiger partial charge in [0.2, 0.25) is 0 Å². The van der Waals surface area contributed by atoms with E-state index in [2.05, 4.69) is 0 Å². The predicted octanol–water partition coefficient (Wildman–Crippen LogP) is 3.34. The summed E-state index contributed by atoms with van der Waals surface area (Å²) in [6, 6.07) is 10.6. The molecule has 1 nitrogen and oxygen atoms in total. The molecule has 1 N–H and O–H groups in total. The molecule has 98 valence electrons. The maximum Gasteiger partial charge on any atom is 0.123 e. The van der Waals surface area contributed by atoms with Crippen molar-refractivity contribution in [1.82, 2.24) is 0 Å². The highest BCUT2D eigenvalue weighted by Gasteiger charge is 2.36. The largest absolute Gasteiger partial charge is 0.385 e. The van der Waals surface area contributed by atoms with Gasteiger partial charge in [-0.3, -0.25) is 0 Å². The van der Waals surface area contributed by atoms with Gasteiger partial charge in [-0.2, -0.15) is 0 Å². The summed E-state index contributed by atoms with van der Waals surface area (Å²) < 4.78 is 26.0. The van der Waals surface area contributed by atoms with Crippen molar-refractivity contribution in [3.63, 3.8) is 0 Å². The van der Waals surface area contributed by atoms with Gasteiger partial charge >= 0.3 is 0 Å². The highest BCUT2D eigenvalue weighted by Crippen LogP contribution is 2.39. The first-order valence-electron chi connectivity index (χ1n) is 6.33. The Kier molecular flexibility index (Phi) is 2.86. The molecule has 0 aromatic heterocycles. The van der Waals surface area contributed by atoms with Gasteiger partial charge in [0, 0.05) is 6.42 Å². The van der Waals surface area contributed by atoms with Crippen LogP contribution in [0.3, 0.4) is 0 Å². The molecule has 0 spiro atoms. The Hall–Kier alpha value is -1.74. The van der Waals surface area contributed by atoms with Gasteiger partial charge < -0.3 is 5.11 Å². The van der Waals surface area contributed by atoms with Crippen molar-refractivity contribution >= 4 is 0 Å². The summed E-state index contributed by atoms with van der Waals surface area (Å²) in [4.78, 5) is 0. The fourth-order valence-electron chi connectivity index (χ4n) is 2.82. The molecule has 3 rings (SSSR count). The first-order valence-corrected chi connectivity index (χ1v) is 6.33. The van der Waals surface area contributed by atoms with Gasteiger partial charge in [-0.15, -0.1) is 0 Å². The summed E-state index contributed by atoms with van der Waals surface area (Å²) in [6.45, 7) is 0. The highest BCUT2D eigenvalue weighted by atomic mass is 19.1. The molecule has 0 radical (unpaired) electrons. The molecule has 2 aromatic carbocycles. The standard InChI is InChI=1S/C16H14F2O/c17-13-3-1-11(2-4-13)10-16(19)8-7-12-9-14(18)5-6-15(12)16/h1-6,9,19H,7-8,10H2. The van der Waals surface area contributed by atoms with Gasteiger partial charge in [-0.05, 0) is 53.8 Å². The number of hydrogen-bond acceptors (Lipinski definition) is 1. The molecular weight excluding hydrogens is 246 g/mol. The molecule has 1 aliphatic carbocycles. The number of benzene rings is 2. The van der Waals surface area contributed by atoms with Crippen LogP contribution in [-0.4, -0.2) is 5.11 Å². The normalized spacial score (nSPS) is 21.4. The molecule has 0 aliphatic heterocycles. The zero-order valence-corrected chi connectivity index (χ0v) is 10.4. The van der Waals surface area contributed by atoms with Crippen molar-refractivity contribution < 1.29 is 13.9 Å². The molecule has 2 aromatic rings. The van der Waals surface area contributed by atoms with E-state index in [0.29, 0.717) is 19.3 Å². The SMILES string of the molecule is OC1(Cc2ccc(F)cc2)CCc2cc(F)ccc21. The minimum absolute atomic E-state index is 0.273. The molecule has 1 atom stereocenters. The van der Waals surface area contributed by atoms with E-state index in [-0.39, 0.29) is 11.6 Å². The Balaban J connectivity index is 1.92. The van der Waals surface area contributed by atoms with Crippen LogP contribution in [0.15, 0.2) is 42.5 Å². The van der Waals surface area contributed by atoms with Crippen molar-refractivity contribution in [2.45, 2.75) is 24.9 Å². The van der Waals surface area contributed by atoms with Crippen molar-refractivity contribution in [3.8, 4) is 0 Å². The number of rotatable bonds is 2. The molecule has 1 aliphatic rings. The maximum atomic E-state index is 13.2. The first kappa shape index (κ1) is 12.3. The second kappa shape index (κ2) is 4.42. The molecule has 1 unspecified atom stereocenters. The number of halogens is 2. The second-order valence-electron chi connectivity index (χ2n) is 5.14. The van der Waals surface area contributed by atoms with Crippen LogP contribution in [0.25, 0.3) is 0 Å². The van der Waals surface area contributed by atoms with Crippen molar-refractivity contribution in [2.24, 2.45) is 0 Å². The molecule has 0 amide bonds. The number of hydrogen-bond donors (Lipinski definition) is 1. The van der Waals surface area contributed by atoms with E-state index in [1.165, 1.54) is 24.3 Å². The van der Waals surface area contributed by atoms with Gasteiger partial charge in [0.25, 0.3) is 0 Å². The molecule has 0 saturated carbocycles. The average molecular weight is 260 g/mol. The summed E-state index contributed by atoms with van der Waals surface area (Å²) in [5.41, 5.74) is 1.56. The third kappa shape index (κ3) is 2.26. The summed E-state index contributed by atoms with van der Waals surface area (Å²) in [6.07, 6.45) is 1.67. The van der Waals surface area contributed by atoms with E-state index in [9.17, 15) is 13.9 Å². The Morgan fingerprint density at radius 3 is 2.42 bits per heavy atom. The maximum absolute atomic E-state index is 13.2. The Bertz CT molecular complexity index is 607. The monoisotopic (exact) mass is 260 g/mol. The molecule has 0 heterocycles. The third-order valence-electron chi connectivity index (χ3n) is 3.79. The molecule has 3 heteroatoms. The lowest BCUT2D eigenvalue weighted by molar-refractivity contribution is 0.0389. The molecule has 0 fully saturated rings. The molecule has 0 saturated heterocycles. The van der Waals surface area contributed by atoms with Crippen LogP contribution in [0.4, 0.5) is 8.78 Å². The molecular formula is C16H14F2O. The van der Waals surface area contributed by atoms with Crippen LogP contribution in [0, 0.1) is 11.6 Å². The third-order valence-corrected chi connectivity index (χ3v) is 3.79. The zero-order valence-electron chi connectivity index (χ0n) is 10.4. The van der Waals surface area contributed by atoms with E-state index in [1.54, 1.807) is 18.2 Å². The summed E-state index contributed by atoms with van der Waals surface area (Å²) in [7, 11) is 0. The van der Waals surface area contributed by atoms with Crippen molar-refractivity contribution in [3.05, 3.63) is 70.8 Å². The lowest BCUT2D eigenvalue weighted by Crippen LogP contribution is -2.25. The lowest BCUT2D eigenvalue weighted by atomic mass is 9.89.